The zero-order valence-corrected chi connectivity index (χ0v) is 20.1. The molecule has 0 aliphatic carbocycles. The van der Waals surface area contributed by atoms with E-state index in [0.717, 1.165) is 16.9 Å². The third-order valence-corrected chi connectivity index (χ3v) is 7.71. The van der Waals surface area contributed by atoms with Gasteiger partial charge in [0.1, 0.15) is 5.75 Å². The van der Waals surface area contributed by atoms with Crippen molar-refractivity contribution in [3.8, 4) is 5.75 Å². The van der Waals surface area contributed by atoms with E-state index in [4.69, 9.17) is 4.74 Å². The molecule has 9 heteroatoms. The molecular formula is C24H31N3O5S. The molecule has 2 aromatic rings. The molecular weight excluding hydrogens is 442 g/mol. The Hall–Kier alpha value is -2.91. The SMILES string of the molecule is CCOc1ccc(NC(=O)CNC(=O)C2CCN(S(=O)(=O)c3ccc(C)c(C)c3)CC2)cc1. The van der Waals surface area contributed by atoms with Crippen molar-refractivity contribution in [3.63, 3.8) is 0 Å². The van der Waals surface area contributed by atoms with Crippen LogP contribution in [0, 0.1) is 19.8 Å². The highest BCUT2D eigenvalue weighted by Crippen LogP contribution is 2.25. The quantitative estimate of drug-likeness (QED) is 0.613. The van der Waals surface area contributed by atoms with Crippen LogP contribution in [0.15, 0.2) is 47.4 Å². The molecule has 0 spiro atoms. The Morgan fingerprint density at radius 2 is 1.70 bits per heavy atom. The van der Waals surface area contributed by atoms with Crippen LogP contribution in [0.25, 0.3) is 0 Å². The number of nitrogens with one attached hydrogen (secondary N) is 2. The van der Waals surface area contributed by atoms with Gasteiger partial charge in [-0.05, 0) is 81.1 Å². The Kier molecular flexibility index (Phi) is 8.10. The van der Waals surface area contributed by atoms with Crippen LogP contribution in [-0.4, -0.2) is 50.8 Å². The molecule has 1 heterocycles. The van der Waals surface area contributed by atoms with Crippen molar-refractivity contribution in [2.75, 3.05) is 31.6 Å². The van der Waals surface area contributed by atoms with E-state index in [1.165, 1.54) is 4.31 Å². The van der Waals surface area contributed by atoms with Gasteiger partial charge in [0.15, 0.2) is 0 Å². The number of amides is 2. The van der Waals surface area contributed by atoms with Crippen LogP contribution in [-0.2, 0) is 19.6 Å². The monoisotopic (exact) mass is 473 g/mol. The summed E-state index contributed by atoms with van der Waals surface area (Å²) < 4.78 is 32.7. The lowest BCUT2D eigenvalue weighted by Crippen LogP contribution is -2.44. The first-order chi connectivity index (χ1) is 15.7. The highest BCUT2D eigenvalue weighted by Gasteiger charge is 2.32. The number of carbonyl (C=O) groups is 2. The zero-order valence-electron chi connectivity index (χ0n) is 19.3. The molecule has 1 aliphatic rings. The van der Waals surface area contributed by atoms with E-state index in [2.05, 4.69) is 10.6 Å². The van der Waals surface area contributed by atoms with Crippen molar-refractivity contribution in [2.45, 2.75) is 38.5 Å². The van der Waals surface area contributed by atoms with Gasteiger partial charge < -0.3 is 15.4 Å². The molecule has 0 aromatic heterocycles. The summed E-state index contributed by atoms with van der Waals surface area (Å²) >= 11 is 0. The topological polar surface area (TPSA) is 105 Å². The third-order valence-electron chi connectivity index (χ3n) is 5.81. The largest absolute Gasteiger partial charge is 0.494 e. The van der Waals surface area contributed by atoms with Gasteiger partial charge in [0.05, 0.1) is 18.0 Å². The van der Waals surface area contributed by atoms with E-state index >= 15 is 0 Å². The van der Waals surface area contributed by atoms with Crippen LogP contribution in [0.1, 0.15) is 30.9 Å². The van der Waals surface area contributed by atoms with Gasteiger partial charge in [-0.15, -0.1) is 0 Å². The Bertz CT molecular complexity index is 1090. The maximum Gasteiger partial charge on any atom is 0.243 e. The Labute approximate surface area is 195 Å². The van der Waals surface area contributed by atoms with Crippen LogP contribution in [0.5, 0.6) is 5.75 Å². The number of rotatable bonds is 8. The first kappa shape index (κ1) is 24.7. The second-order valence-corrected chi connectivity index (χ2v) is 10.1. The molecule has 0 saturated carbocycles. The van der Waals surface area contributed by atoms with Crippen molar-refractivity contribution in [1.82, 2.24) is 9.62 Å². The number of hydrogen-bond donors (Lipinski definition) is 2. The predicted molar refractivity (Wildman–Crippen MR) is 127 cm³/mol. The number of nitrogens with zero attached hydrogens (tertiary/aromatic N) is 1. The Morgan fingerprint density at radius 1 is 1.03 bits per heavy atom. The molecule has 2 amide bonds. The first-order valence-electron chi connectivity index (χ1n) is 11.1. The summed E-state index contributed by atoms with van der Waals surface area (Å²) in [6.07, 6.45) is 0.826. The number of anilines is 1. The number of ether oxygens (including phenoxy) is 1. The average molecular weight is 474 g/mol. The van der Waals surface area contributed by atoms with Gasteiger partial charge in [-0.3, -0.25) is 9.59 Å². The zero-order chi connectivity index (χ0) is 24.0. The van der Waals surface area contributed by atoms with Crippen molar-refractivity contribution in [2.24, 2.45) is 5.92 Å². The summed E-state index contributed by atoms with van der Waals surface area (Å²) in [5.74, 6) is -0.175. The summed E-state index contributed by atoms with van der Waals surface area (Å²) in [6, 6.07) is 12.1. The molecule has 178 valence electrons. The van der Waals surface area contributed by atoms with Crippen molar-refractivity contribution < 1.29 is 22.7 Å². The van der Waals surface area contributed by atoms with E-state index < -0.39 is 10.0 Å². The molecule has 2 aromatic carbocycles. The van der Waals surface area contributed by atoms with Crippen LogP contribution in [0.3, 0.4) is 0 Å². The maximum atomic E-state index is 12.9. The predicted octanol–water partition coefficient (Wildman–Crippen LogP) is 2.86. The van der Waals surface area contributed by atoms with Gasteiger partial charge in [-0.25, -0.2) is 8.42 Å². The summed E-state index contributed by atoms with van der Waals surface area (Å²) in [6.45, 7) is 6.68. The summed E-state index contributed by atoms with van der Waals surface area (Å²) in [5, 5.41) is 5.39. The summed E-state index contributed by atoms with van der Waals surface area (Å²) in [7, 11) is -3.59. The molecule has 1 saturated heterocycles. The molecule has 0 atom stereocenters. The van der Waals surface area contributed by atoms with Crippen molar-refractivity contribution >= 4 is 27.5 Å². The number of sulfonamides is 1. The van der Waals surface area contributed by atoms with E-state index in [-0.39, 0.29) is 42.3 Å². The summed E-state index contributed by atoms with van der Waals surface area (Å²) in [4.78, 5) is 24.9. The lowest BCUT2D eigenvalue weighted by Gasteiger charge is -2.30. The van der Waals surface area contributed by atoms with E-state index in [0.29, 0.717) is 25.1 Å². The lowest BCUT2D eigenvalue weighted by molar-refractivity contribution is -0.128. The Morgan fingerprint density at radius 3 is 2.30 bits per heavy atom. The van der Waals surface area contributed by atoms with E-state index in [1.54, 1.807) is 42.5 Å². The van der Waals surface area contributed by atoms with E-state index in [9.17, 15) is 18.0 Å². The molecule has 1 aliphatic heterocycles. The van der Waals surface area contributed by atoms with Crippen LogP contribution >= 0.6 is 0 Å². The molecule has 3 rings (SSSR count). The number of hydrogen-bond acceptors (Lipinski definition) is 5. The normalized spacial score (nSPS) is 15.1. The number of aryl methyl sites for hydroxylation is 2. The van der Waals surface area contributed by atoms with Crippen molar-refractivity contribution in [1.29, 1.82) is 0 Å². The lowest BCUT2D eigenvalue weighted by atomic mass is 9.97. The molecule has 2 N–H and O–H groups in total. The molecule has 0 radical (unpaired) electrons. The van der Waals surface area contributed by atoms with Gasteiger partial charge in [0, 0.05) is 24.7 Å². The fourth-order valence-corrected chi connectivity index (χ4v) is 5.26. The van der Waals surface area contributed by atoms with Gasteiger partial charge in [0.2, 0.25) is 21.8 Å². The van der Waals surface area contributed by atoms with Crippen LogP contribution in [0.2, 0.25) is 0 Å². The smallest absolute Gasteiger partial charge is 0.243 e. The highest BCUT2D eigenvalue weighted by molar-refractivity contribution is 7.89. The standard InChI is InChI=1S/C24H31N3O5S/c1-4-32-21-8-6-20(7-9-21)26-23(28)16-25-24(29)19-11-13-27(14-12-19)33(30,31)22-10-5-17(2)18(3)15-22/h5-10,15,19H,4,11-14,16H2,1-3H3,(H,25,29)(H,26,28). The fourth-order valence-electron chi connectivity index (χ4n) is 3.70. The molecule has 0 bridgehead atoms. The third kappa shape index (κ3) is 6.33. The molecule has 33 heavy (non-hydrogen) atoms. The highest BCUT2D eigenvalue weighted by atomic mass is 32.2. The molecule has 8 nitrogen and oxygen atoms in total. The summed E-state index contributed by atoms with van der Waals surface area (Å²) in [5.41, 5.74) is 2.58. The maximum absolute atomic E-state index is 12.9. The molecule has 0 unspecified atom stereocenters. The van der Waals surface area contributed by atoms with Gasteiger partial charge in [0.25, 0.3) is 0 Å². The second-order valence-electron chi connectivity index (χ2n) is 8.15. The minimum atomic E-state index is -3.59. The van der Waals surface area contributed by atoms with Crippen LogP contribution < -0.4 is 15.4 Å². The number of carbonyl (C=O) groups excluding carboxylic acids is 2. The Balaban J connectivity index is 1.47. The molecule has 1 fully saturated rings. The number of benzene rings is 2. The number of piperidine rings is 1. The van der Waals surface area contributed by atoms with Gasteiger partial charge in [-0.1, -0.05) is 6.07 Å². The minimum absolute atomic E-state index is 0.146. The first-order valence-corrected chi connectivity index (χ1v) is 12.5. The second kappa shape index (κ2) is 10.8. The average Bonchev–Trinajstić information content (AvgIpc) is 2.80. The van der Waals surface area contributed by atoms with Gasteiger partial charge >= 0.3 is 0 Å². The minimum Gasteiger partial charge on any atom is -0.494 e. The van der Waals surface area contributed by atoms with Crippen LogP contribution in [0.4, 0.5) is 5.69 Å². The van der Waals surface area contributed by atoms with Gasteiger partial charge in [-0.2, -0.15) is 4.31 Å². The van der Waals surface area contributed by atoms with Crippen molar-refractivity contribution in [3.05, 3.63) is 53.6 Å². The van der Waals surface area contributed by atoms with E-state index in [1.807, 2.05) is 20.8 Å². The fraction of sp³-hybridized carbons (Fsp3) is 0.417.